The molecule has 22 heavy (non-hydrogen) atoms. The van der Waals surface area contributed by atoms with E-state index >= 15 is 0 Å². The van der Waals surface area contributed by atoms with Gasteiger partial charge in [0.05, 0.1) is 18.8 Å². The van der Waals surface area contributed by atoms with Crippen molar-refractivity contribution >= 4 is 29.3 Å². The fraction of sp³-hybridized carbons (Fsp3) is 0.375. The molecule has 0 saturated carbocycles. The van der Waals surface area contributed by atoms with Crippen LogP contribution < -0.4 is 5.32 Å². The lowest BCUT2D eigenvalue weighted by Crippen LogP contribution is -2.19. The minimum Gasteiger partial charge on any atom is -0.496 e. The van der Waals surface area contributed by atoms with E-state index in [9.17, 15) is 9.59 Å². The number of esters is 1. The minimum absolute atomic E-state index is 0.216. The van der Waals surface area contributed by atoms with Gasteiger partial charge in [0.2, 0.25) is 0 Å². The highest BCUT2D eigenvalue weighted by Gasteiger charge is 2.20. The number of carbonyl (C=O) groups is 2. The van der Waals surface area contributed by atoms with Crippen LogP contribution in [0.4, 0.5) is 5.69 Å². The first kappa shape index (κ1) is 16.4. The van der Waals surface area contributed by atoms with E-state index in [2.05, 4.69) is 5.32 Å². The van der Waals surface area contributed by atoms with Crippen molar-refractivity contribution in [1.29, 1.82) is 0 Å². The monoisotopic (exact) mass is 321 g/mol. The maximum absolute atomic E-state index is 12.4. The normalized spacial score (nSPS) is 14.3. The van der Waals surface area contributed by atoms with Crippen LogP contribution in [0.15, 0.2) is 28.9 Å². The molecule has 5 nitrogen and oxygen atoms in total. The molecule has 6 heteroatoms. The van der Waals surface area contributed by atoms with Crippen LogP contribution in [0.5, 0.6) is 0 Å². The highest BCUT2D eigenvalue weighted by atomic mass is 32.2. The standard InChI is InChI=1S/C16H19NO4S/c1-4-20-16(19)12-6-5-10(2)13(9-12)17-15(18)14-11(3)21-7-8-22-14/h5-6,9H,4,7-8H2,1-3H3,(H,17,18). The summed E-state index contributed by atoms with van der Waals surface area (Å²) in [6.45, 7) is 6.34. The number of anilines is 1. The van der Waals surface area contributed by atoms with Gasteiger partial charge in [0.25, 0.3) is 5.91 Å². The van der Waals surface area contributed by atoms with Gasteiger partial charge in [0.1, 0.15) is 10.7 Å². The number of amides is 1. The van der Waals surface area contributed by atoms with Crippen molar-refractivity contribution < 1.29 is 19.1 Å². The molecule has 0 unspecified atom stereocenters. The van der Waals surface area contributed by atoms with Crippen molar-refractivity contribution in [2.75, 3.05) is 24.3 Å². The third-order valence-electron chi connectivity index (χ3n) is 3.17. The van der Waals surface area contributed by atoms with Crippen molar-refractivity contribution in [3.05, 3.63) is 40.0 Å². The highest BCUT2D eigenvalue weighted by molar-refractivity contribution is 8.04. The summed E-state index contributed by atoms with van der Waals surface area (Å²) < 4.78 is 10.4. The molecule has 1 heterocycles. The first-order chi connectivity index (χ1) is 10.5. The molecule has 0 aromatic heterocycles. The van der Waals surface area contributed by atoms with Gasteiger partial charge in [0, 0.05) is 11.4 Å². The number of ether oxygens (including phenoxy) is 2. The quantitative estimate of drug-likeness (QED) is 0.863. The first-order valence-corrected chi connectivity index (χ1v) is 8.07. The predicted molar refractivity (Wildman–Crippen MR) is 86.9 cm³/mol. The Kier molecular flexibility index (Phi) is 5.49. The second-order valence-electron chi connectivity index (χ2n) is 4.79. The van der Waals surface area contributed by atoms with Gasteiger partial charge in [-0.1, -0.05) is 6.07 Å². The second kappa shape index (κ2) is 7.35. The number of benzene rings is 1. The van der Waals surface area contributed by atoms with E-state index in [-0.39, 0.29) is 5.91 Å². The fourth-order valence-corrected chi connectivity index (χ4v) is 2.82. The summed E-state index contributed by atoms with van der Waals surface area (Å²) in [5.74, 6) is 0.769. The largest absolute Gasteiger partial charge is 0.496 e. The lowest BCUT2D eigenvalue weighted by atomic mass is 10.1. The van der Waals surface area contributed by atoms with Gasteiger partial charge in [-0.05, 0) is 38.5 Å². The molecular weight excluding hydrogens is 302 g/mol. The number of hydrogen-bond donors (Lipinski definition) is 1. The highest BCUT2D eigenvalue weighted by Crippen LogP contribution is 2.27. The fourth-order valence-electron chi connectivity index (χ4n) is 2.01. The Bertz CT molecular complexity index is 625. The number of rotatable bonds is 4. The van der Waals surface area contributed by atoms with Crippen LogP contribution in [-0.2, 0) is 14.3 Å². The van der Waals surface area contributed by atoms with Crippen LogP contribution in [0.25, 0.3) is 0 Å². The summed E-state index contributed by atoms with van der Waals surface area (Å²) in [6, 6.07) is 5.11. The number of thioether (sulfide) groups is 1. The third kappa shape index (κ3) is 3.82. The van der Waals surface area contributed by atoms with Crippen LogP contribution in [0.2, 0.25) is 0 Å². The van der Waals surface area contributed by atoms with Gasteiger partial charge in [0.15, 0.2) is 0 Å². The predicted octanol–water partition coefficient (Wildman–Crippen LogP) is 3.11. The van der Waals surface area contributed by atoms with Crippen LogP contribution in [0.3, 0.4) is 0 Å². The second-order valence-corrected chi connectivity index (χ2v) is 5.89. The molecule has 0 radical (unpaired) electrons. The molecule has 1 N–H and O–H groups in total. The van der Waals surface area contributed by atoms with E-state index in [0.29, 0.717) is 35.1 Å². The molecule has 0 atom stereocenters. The summed E-state index contributed by atoms with van der Waals surface area (Å²) in [7, 11) is 0. The van der Waals surface area contributed by atoms with Crippen molar-refractivity contribution in [2.24, 2.45) is 0 Å². The van der Waals surface area contributed by atoms with Gasteiger partial charge in [-0.3, -0.25) is 4.79 Å². The van der Waals surface area contributed by atoms with Crippen molar-refractivity contribution in [1.82, 2.24) is 0 Å². The Hall–Kier alpha value is -1.95. The molecular formula is C16H19NO4S. The van der Waals surface area contributed by atoms with E-state index in [1.54, 1.807) is 32.0 Å². The lowest BCUT2D eigenvalue weighted by Gasteiger charge is -2.18. The molecule has 1 amide bonds. The maximum atomic E-state index is 12.4. The third-order valence-corrected chi connectivity index (χ3v) is 4.30. The molecule has 0 saturated heterocycles. The molecule has 1 aromatic rings. The Balaban J connectivity index is 2.20. The Morgan fingerprint density at radius 2 is 2.14 bits per heavy atom. The van der Waals surface area contributed by atoms with E-state index in [1.165, 1.54) is 11.8 Å². The van der Waals surface area contributed by atoms with Crippen LogP contribution in [-0.4, -0.2) is 30.8 Å². The average molecular weight is 321 g/mol. The average Bonchev–Trinajstić information content (AvgIpc) is 2.50. The zero-order chi connectivity index (χ0) is 16.1. The topological polar surface area (TPSA) is 64.6 Å². The zero-order valence-corrected chi connectivity index (χ0v) is 13.7. The lowest BCUT2D eigenvalue weighted by molar-refractivity contribution is -0.112. The Morgan fingerprint density at radius 3 is 2.82 bits per heavy atom. The van der Waals surface area contributed by atoms with E-state index in [0.717, 1.165) is 11.3 Å². The molecule has 2 rings (SSSR count). The molecule has 1 aromatic carbocycles. The Morgan fingerprint density at radius 1 is 1.36 bits per heavy atom. The maximum Gasteiger partial charge on any atom is 0.338 e. The number of nitrogens with one attached hydrogen (secondary N) is 1. The molecule has 0 fully saturated rings. The molecule has 0 aliphatic carbocycles. The number of allylic oxidation sites excluding steroid dienone is 1. The van der Waals surface area contributed by atoms with Crippen molar-refractivity contribution in [2.45, 2.75) is 20.8 Å². The van der Waals surface area contributed by atoms with Gasteiger partial charge in [-0.15, -0.1) is 11.8 Å². The van der Waals surface area contributed by atoms with Gasteiger partial charge in [-0.25, -0.2) is 4.79 Å². The van der Waals surface area contributed by atoms with Gasteiger partial charge >= 0.3 is 5.97 Å². The van der Waals surface area contributed by atoms with Gasteiger partial charge < -0.3 is 14.8 Å². The smallest absolute Gasteiger partial charge is 0.338 e. The van der Waals surface area contributed by atoms with Gasteiger partial charge in [-0.2, -0.15) is 0 Å². The number of carbonyl (C=O) groups excluding carboxylic acids is 2. The zero-order valence-electron chi connectivity index (χ0n) is 12.9. The SMILES string of the molecule is CCOC(=O)c1ccc(C)c(NC(=O)C2=C(C)OCCS2)c1. The molecule has 1 aliphatic rings. The van der Waals surface area contributed by atoms with Crippen molar-refractivity contribution in [3.63, 3.8) is 0 Å². The Labute approximate surface area is 134 Å². The van der Waals surface area contributed by atoms with E-state index in [1.807, 2.05) is 6.92 Å². The van der Waals surface area contributed by atoms with Crippen LogP contribution in [0.1, 0.15) is 29.8 Å². The molecule has 118 valence electrons. The molecule has 0 spiro atoms. The van der Waals surface area contributed by atoms with E-state index < -0.39 is 5.97 Å². The first-order valence-electron chi connectivity index (χ1n) is 7.08. The summed E-state index contributed by atoms with van der Waals surface area (Å²) in [4.78, 5) is 24.7. The minimum atomic E-state index is -0.399. The summed E-state index contributed by atoms with van der Waals surface area (Å²) in [5, 5.41) is 2.84. The molecule has 1 aliphatic heterocycles. The summed E-state index contributed by atoms with van der Waals surface area (Å²) in [6.07, 6.45) is 0. The van der Waals surface area contributed by atoms with Crippen molar-refractivity contribution in [3.8, 4) is 0 Å². The van der Waals surface area contributed by atoms with E-state index in [4.69, 9.17) is 9.47 Å². The molecule has 0 bridgehead atoms. The number of aryl methyl sites for hydroxylation is 1. The number of hydrogen-bond acceptors (Lipinski definition) is 5. The van der Waals surface area contributed by atoms with Crippen LogP contribution >= 0.6 is 11.8 Å². The summed E-state index contributed by atoms with van der Waals surface area (Å²) in [5.41, 5.74) is 1.89. The van der Waals surface area contributed by atoms with Crippen LogP contribution in [0, 0.1) is 6.92 Å². The summed E-state index contributed by atoms with van der Waals surface area (Å²) >= 11 is 1.47.